The number of benzene rings is 1. The van der Waals surface area contributed by atoms with Gasteiger partial charge in [-0.2, -0.15) is 13.5 Å². The summed E-state index contributed by atoms with van der Waals surface area (Å²) in [6, 6.07) is 12.7. The molecule has 0 radical (unpaired) electrons. The molecule has 4 N–H and O–H groups in total. The number of rotatable bonds is 6. The number of hydrogen-bond acceptors (Lipinski definition) is 7. The molecule has 0 amide bonds. The number of nitrogens with one attached hydrogen (secondary N) is 1. The largest absolute Gasteiger partial charge is 0.393 e. The molecule has 0 saturated heterocycles. The van der Waals surface area contributed by atoms with Gasteiger partial charge in [0.05, 0.1) is 18.8 Å². The molecule has 2 aliphatic carbocycles. The molecule has 2 aliphatic rings. The second-order valence-electron chi connectivity index (χ2n) is 8.37. The third-order valence-electron chi connectivity index (χ3n) is 6.45. The van der Waals surface area contributed by atoms with Crippen LogP contribution in [0.5, 0.6) is 0 Å². The molecule has 10 heteroatoms. The summed E-state index contributed by atoms with van der Waals surface area (Å²) in [4.78, 5) is 4.48. The highest BCUT2D eigenvalue weighted by molar-refractivity contribution is 7.84. The summed E-state index contributed by atoms with van der Waals surface area (Å²) in [6.45, 7) is -0.122. The third kappa shape index (κ3) is 4.03. The minimum Gasteiger partial charge on any atom is -0.393 e. The second-order valence-corrected chi connectivity index (χ2v) is 9.59. The lowest BCUT2D eigenvalue weighted by Crippen LogP contribution is -2.24. The topological polar surface area (TPSA) is 132 Å². The van der Waals surface area contributed by atoms with Gasteiger partial charge in [0.15, 0.2) is 5.82 Å². The van der Waals surface area contributed by atoms with Gasteiger partial charge in [0.25, 0.3) is 0 Å². The van der Waals surface area contributed by atoms with Crippen molar-refractivity contribution >= 4 is 21.6 Å². The second kappa shape index (κ2) is 7.86. The predicted octanol–water partition coefficient (Wildman–Crippen LogP) is 1.90. The van der Waals surface area contributed by atoms with E-state index >= 15 is 0 Å². The van der Waals surface area contributed by atoms with Crippen molar-refractivity contribution in [1.29, 1.82) is 0 Å². The van der Waals surface area contributed by atoms with E-state index in [-0.39, 0.29) is 24.5 Å². The number of hydrogen-bond donors (Lipinski definition) is 3. The molecule has 0 bridgehead atoms. The Balaban J connectivity index is 1.37. The maximum absolute atomic E-state index is 11.1. The summed E-state index contributed by atoms with van der Waals surface area (Å²) >= 11 is 0. The SMILES string of the molecule is NS(=O)(=O)OC[C@H]1C[C@@H](c2ccc3c(N[C@H]4CCc5ccccc54)ncnn23)C[C@@H]1O. The Morgan fingerprint density at radius 2 is 2.06 bits per heavy atom. The zero-order valence-electron chi connectivity index (χ0n) is 16.9. The first kappa shape index (κ1) is 20.4. The molecule has 0 unspecified atom stereocenters. The average Bonchev–Trinajstić information content (AvgIpc) is 3.43. The van der Waals surface area contributed by atoms with Crippen molar-refractivity contribution in [3.05, 3.63) is 59.5 Å². The van der Waals surface area contributed by atoms with E-state index in [0.717, 1.165) is 29.9 Å². The van der Waals surface area contributed by atoms with Crippen molar-refractivity contribution in [2.75, 3.05) is 11.9 Å². The average molecular weight is 444 g/mol. The Bertz CT molecular complexity index is 1210. The first-order valence-corrected chi connectivity index (χ1v) is 11.9. The zero-order chi connectivity index (χ0) is 21.6. The van der Waals surface area contributed by atoms with Crippen molar-refractivity contribution < 1.29 is 17.7 Å². The number of anilines is 1. The van der Waals surface area contributed by atoms with Crippen LogP contribution < -0.4 is 10.5 Å². The van der Waals surface area contributed by atoms with Gasteiger partial charge in [-0.15, -0.1) is 0 Å². The van der Waals surface area contributed by atoms with E-state index < -0.39 is 16.4 Å². The summed E-state index contributed by atoms with van der Waals surface area (Å²) < 4.78 is 28.7. The van der Waals surface area contributed by atoms with Crippen molar-refractivity contribution in [1.82, 2.24) is 14.6 Å². The number of aryl methyl sites for hydroxylation is 1. The van der Waals surface area contributed by atoms with E-state index in [1.807, 2.05) is 16.6 Å². The molecule has 3 aromatic rings. The molecule has 2 aromatic heterocycles. The minimum absolute atomic E-state index is 0.0292. The molecule has 0 spiro atoms. The highest BCUT2D eigenvalue weighted by Crippen LogP contribution is 2.40. The normalized spacial score (nSPS) is 25.7. The fourth-order valence-electron chi connectivity index (χ4n) is 4.95. The highest BCUT2D eigenvalue weighted by atomic mass is 32.2. The molecule has 31 heavy (non-hydrogen) atoms. The fourth-order valence-corrected chi connectivity index (χ4v) is 5.32. The van der Waals surface area contributed by atoms with Crippen LogP contribution in [0.25, 0.3) is 5.52 Å². The number of nitrogens with zero attached hydrogens (tertiary/aromatic N) is 3. The number of fused-ring (bicyclic) bond motifs is 2. The summed E-state index contributed by atoms with van der Waals surface area (Å²) in [5.74, 6) is 0.500. The number of aliphatic hydroxyl groups is 1. The summed E-state index contributed by atoms with van der Waals surface area (Å²) in [5.41, 5.74) is 4.52. The summed E-state index contributed by atoms with van der Waals surface area (Å²) in [7, 11) is -4.02. The number of aliphatic hydroxyl groups excluding tert-OH is 1. The number of nitrogens with two attached hydrogens (primary N) is 1. The molecule has 9 nitrogen and oxygen atoms in total. The van der Waals surface area contributed by atoms with E-state index in [0.29, 0.717) is 12.8 Å². The smallest absolute Gasteiger partial charge is 0.333 e. The third-order valence-corrected chi connectivity index (χ3v) is 6.91. The lowest BCUT2D eigenvalue weighted by Gasteiger charge is -2.16. The van der Waals surface area contributed by atoms with Gasteiger partial charge in [-0.3, -0.25) is 4.18 Å². The van der Waals surface area contributed by atoms with Gasteiger partial charge in [-0.1, -0.05) is 24.3 Å². The Labute approximate surface area is 180 Å². The van der Waals surface area contributed by atoms with E-state index in [4.69, 9.17) is 9.32 Å². The summed E-state index contributed by atoms with van der Waals surface area (Å²) in [5, 5.41) is 23.3. The Morgan fingerprint density at radius 1 is 1.23 bits per heavy atom. The quantitative estimate of drug-likeness (QED) is 0.530. The van der Waals surface area contributed by atoms with Crippen LogP contribution in [0.15, 0.2) is 42.7 Å². The van der Waals surface area contributed by atoms with Gasteiger partial charge < -0.3 is 10.4 Å². The molecular weight excluding hydrogens is 418 g/mol. The van der Waals surface area contributed by atoms with Crippen LogP contribution in [-0.2, 0) is 20.9 Å². The molecule has 1 aromatic carbocycles. The monoisotopic (exact) mass is 443 g/mol. The fraction of sp³-hybridized carbons (Fsp3) is 0.429. The Morgan fingerprint density at radius 3 is 2.90 bits per heavy atom. The van der Waals surface area contributed by atoms with Crippen molar-refractivity contribution in [2.24, 2.45) is 11.1 Å². The predicted molar refractivity (Wildman–Crippen MR) is 115 cm³/mol. The van der Waals surface area contributed by atoms with Gasteiger partial charge in [-0.05, 0) is 48.9 Å². The van der Waals surface area contributed by atoms with E-state index in [9.17, 15) is 13.5 Å². The molecule has 0 aliphatic heterocycles. The van der Waals surface area contributed by atoms with Crippen LogP contribution in [0.4, 0.5) is 5.82 Å². The lowest BCUT2D eigenvalue weighted by molar-refractivity contribution is 0.101. The molecule has 164 valence electrons. The van der Waals surface area contributed by atoms with Crippen LogP contribution in [0, 0.1) is 5.92 Å². The van der Waals surface area contributed by atoms with E-state index in [1.54, 1.807) is 0 Å². The maximum atomic E-state index is 11.1. The molecule has 2 heterocycles. The van der Waals surface area contributed by atoms with Crippen molar-refractivity contribution in [3.8, 4) is 0 Å². The first-order valence-electron chi connectivity index (χ1n) is 10.4. The molecule has 5 rings (SSSR count). The highest BCUT2D eigenvalue weighted by Gasteiger charge is 2.36. The Hall–Kier alpha value is -2.53. The molecular formula is C21H25N5O4S. The summed E-state index contributed by atoms with van der Waals surface area (Å²) in [6.07, 6.45) is 4.03. The van der Waals surface area contributed by atoms with Crippen LogP contribution in [0.1, 0.15) is 48.0 Å². The molecule has 4 atom stereocenters. The zero-order valence-corrected chi connectivity index (χ0v) is 17.7. The van der Waals surface area contributed by atoms with E-state index in [2.05, 4.69) is 39.7 Å². The van der Waals surface area contributed by atoms with Crippen molar-refractivity contribution in [3.63, 3.8) is 0 Å². The standard InChI is InChI=1S/C21H25N5O4S/c22-31(28,29)30-11-15-9-14(10-20(15)27)18-7-8-19-21(23-12-24-26(18)19)25-17-6-5-13-3-1-2-4-16(13)17/h1-4,7-8,12,14-15,17,20,27H,5-6,9-11H2,(H2,22,28,29)(H,23,24,25)/t14-,15-,17+,20+/m1/s1. The van der Waals surface area contributed by atoms with Crippen molar-refractivity contribution in [2.45, 2.75) is 43.7 Å². The van der Waals surface area contributed by atoms with Crippen LogP contribution in [0.2, 0.25) is 0 Å². The van der Waals surface area contributed by atoms with Gasteiger partial charge in [-0.25, -0.2) is 14.6 Å². The van der Waals surface area contributed by atoms with Crippen LogP contribution in [0.3, 0.4) is 0 Å². The van der Waals surface area contributed by atoms with Crippen LogP contribution >= 0.6 is 0 Å². The first-order chi connectivity index (χ1) is 14.9. The van der Waals surface area contributed by atoms with Gasteiger partial charge in [0.1, 0.15) is 11.8 Å². The lowest BCUT2D eigenvalue weighted by atomic mass is 10.0. The molecule has 1 saturated carbocycles. The minimum atomic E-state index is -4.02. The maximum Gasteiger partial charge on any atom is 0.333 e. The van der Waals surface area contributed by atoms with Gasteiger partial charge >= 0.3 is 10.3 Å². The molecule has 1 fully saturated rings. The van der Waals surface area contributed by atoms with E-state index in [1.165, 1.54) is 17.5 Å². The number of aromatic nitrogens is 3. The van der Waals surface area contributed by atoms with Crippen LogP contribution in [-0.4, -0.2) is 40.8 Å². The van der Waals surface area contributed by atoms with Gasteiger partial charge in [0.2, 0.25) is 0 Å². The van der Waals surface area contributed by atoms with Gasteiger partial charge in [0, 0.05) is 17.5 Å². The Kier molecular flexibility index (Phi) is 5.17.